The second-order valence-electron chi connectivity index (χ2n) is 5.25. The molecular formula is C14H20ClN3. The molecule has 2 saturated heterocycles. The van der Waals surface area contributed by atoms with Crippen molar-refractivity contribution in [2.24, 2.45) is 0 Å². The van der Waals surface area contributed by atoms with Gasteiger partial charge in [-0.2, -0.15) is 0 Å². The van der Waals surface area contributed by atoms with E-state index in [9.17, 15) is 0 Å². The standard InChI is InChI=1S/C14H20ClN3/c15-13-3-1-12(2-4-13)11-17-5-7-18(8-6-17)14-9-16-10-14/h1-4,14,16H,5-11H2. The molecule has 0 unspecified atom stereocenters. The van der Waals surface area contributed by atoms with Crippen LogP contribution in [0, 0.1) is 0 Å². The van der Waals surface area contributed by atoms with Crippen molar-refractivity contribution in [3.05, 3.63) is 34.9 Å². The van der Waals surface area contributed by atoms with E-state index in [-0.39, 0.29) is 0 Å². The summed E-state index contributed by atoms with van der Waals surface area (Å²) >= 11 is 5.90. The molecule has 18 heavy (non-hydrogen) atoms. The van der Waals surface area contributed by atoms with Crippen molar-refractivity contribution in [1.82, 2.24) is 15.1 Å². The van der Waals surface area contributed by atoms with E-state index >= 15 is 0 Å². The zero-order valence-corrected chi connectivity index (χ0v) is 11.4. The van der Waals surface area contributed by atoms with Crippen LogP contribution in [0.15, 0.2) is 24.3 Å². The Morgan fingerprint density at radius 1 is 1.06 bits per heavy atom. The first-order valence-electron chi connectivity index (χ1n) is 6.73. The minimum absolute atomic E-state index is 0.794. The smallest absolute Gasteiger partial charge is 0.0406 e. The Bertz CT molecular complexity index is 381. The minimum Gasteiger partial charge on any atom is -0.314 e. The molecule has 0 spiro atoms. The first-order chi connectivity index (χ1) is 8.81. The van der Waals surface area contributed by atoms with E-state index in [2.05, 4.69) is 27.2 Å². The third kappa shape index (κ3) is 2.86. The summed E-state index contributed by atoms with van der Waals surface area (Å²) in [6, 6.07) is 9.01. The van der Waals surface area contributed by atoms with Crippen molar-refractivity contribution < 1.29 is 0 Å². The Morgan fingerprint density at radius 2 is 1.72 bits per heavy atom. The Kier molecular flexibility index (Phi) is 3.85. The summed E-state index contributed by atoms with van der Waals surface area (Å²) in [4.78, 5) is 5.15. The number of benzene rings is 1. The first-order valence-corrected chi connectivity index (χ1v) is 7.10. The van der Waals surface area contributed by atoms with Gasteiger partial charge in [0.15, 0.2) is 0 Å². The summed E-state index contributed by atoms with van der Waals surface area (Å²) in [6.07, 6.45) is 0. The van der Waals surface area contributed by atoms with E-state index in [4.69, 9.17) is 11.6 Å². The summed E-state index contributed by atoms with van der Waals surface area (Å²) < 4.78 is 0. The third-order valence-corrected chi connectivity index (χ3v) is 4.25. The molecule has 2 aliphatic rings. The maximum absolute atomic E-state index is 5.90. The molecule has 0 saturated carbocycles. The third-order valence-electron chi connectivity index (χ3n) is 4.00. The van der Waals surface area contributed by atoms with Gasteiger partial charge in [0, 0.05) is 56.9 Å². The first kappa shape index (κ1) is 12.4. The van der Waals surface area contributed by atoms with Gasteiger partial charge in [-0.3, -0.25) is 9.80 Å². The van der Waals surface area contributed by atoms with Crippen LogP contribution in [0.25, 0.3) is 0 Å². The lowest BCUT2D eigenvalue weighted by Crippen LogP contribution is -2.61. The number of piperazine rings is 1. The lowest BCUT2D eigenvalue weighted by Gasteiger charge is -2.43. The molecule has 3 rings (SSSR count). The van der Waals surface area contributed by atoms with E-state index in [0.29, 0.717) is 0 Å². The highest BCUT2D eigenvalue weighted by atomic mass is 35.5. The van der Waals surface area contributed by atoms with Gasteiger partial charge in [0.05, 0.1) is 0 Å². The lowest BCUT2D eigenvalue weighted by atomic mass is 10.1. The Balaban J connectivity index is 1.48. The van der Waals surface area contributed by atoms with Gasteiger partial charge < -0.3 is 5.32 Å². The van der Waals surface area contributed by atoms with Gasteiger partial charge >= 0.3 is 0 Å². The Morgan fingerprint density at radius 3 is 2.28 bits per heavy atom. The summed E-state index contributed by atoms with van der Waals surface area (Å²) in [5.41, 5.74) is 1.36. The Hall–Kier alpha value is -0.610. The molecule has 0 aliphatic carbocycles. The second kappa shape index (κ2) is 5.57. The molecule has 3 nitrogen and oxygen atoms in total. The molecule has 4 heteroatoms. The lowest BCUT2D eigenvalue weighted by molar-refractivity contribution is 0.0696. The fraction of sp³-hybridized carbons (Fsp3) is 0.571. The summed E-state index contributed by atoms with van der Waals surface area (Å²) in [5.74, 6) is 0. The monoisotopic (exact) mass is 265 g/mol. The molecule has 0 aromatic heterocycles. The van der Waals surface area contributed by atoms with Crippen LogP contribution >= 0.6 is 11.6 Å². The minimum atomic E-state index is 0.794. The van der Waals surface area contributed by atoms with Crippen LogP contribution in [0.2, 0.25) is 5.02 Å². The van der Waals surface area contributed by atoms with Crippen LogP contribution in [-0.4, -0.2) is 55.1 Å². The zero-order chi connectivity index (χ0) is 12.4. The largest absolute Gasteiger partial charge is 0.314 e. The highest BCUT2D eigenvalue weighted by Crippen LogP contribution is 2.14. The molecular weight excluding hydrogens is 246 g/mol. The average Bonchev–Trinajstić information content (AvgIpc) is 2.32. The highest BCUT2D eigenvalue weighted by molar-refractivity contribution is 6.30. The summed E-state index contributed by atoms with van der Waals surface area (Å²) in [5, 5.41) is 4.17. The molecule has 1 aromatic rings. The van der Waals surface area contributed by atoms with Gasteiger partial charge in [-0.1, -0.05) is 23.7 Å². The van der Waals surface area contributed by atoms with E-state index in [0.717, 1.165) is 17.6 Å². The molecule has 2 aliphatic heterocycles. The van der Waals surface area contributed by atoms with E-state index < -0.39 is 0 Å². The quantitative estimate of drug-likeness (QED) is 0.892. The molecule has 0 amide bonds. The maximum Gasteiger partial charge on any atom is 0.0406 e. The van der Waals surface area contributed by atoms with Crippen molar-refractivity contribution >= 4 is 11.6 Å². The molecule has 0 atom stereocenters. The van der Waals surface area contributed by atoms with Gasteiger partial charge in [0.2, 0.25) is 0 Å². The predicted molar refractivity (Wildman–Crippen MR) is 75.0 cm³/mol. The van der Waals surface area contributed by atoms with Crippen LogP contribution in [0.1, 0.15) is 5.56 Å². The Labute approximate surface area is 114 Å². The van der Waals surface area contributed by atoms with Gasteiger partial charge in [-0.15, -0.1) is 0 Å². The van der Waals surface area contributed by atoms with E-state index in [1.165, 1.54) is 44.8 Å². The fourth-order valence-corrected chi connectivity index (χ4v) is 2.79. The number of halogens is 1. The average molecular weight is 266 g/mol. The van der Waals surface area contributed by atoms with E-state index in [1.807, 2.05) is 12.1 Å². The molecule has 1 aromatic carbocycles. The normalized spacial score (nSPS) is 22.9. The SMILES string of the molecule is Clc1ccc(CN2CCN(C3CNC3)CC2)cc1. The zero-order valence-electron chi connectivity index (χ0n) is 10.6. The molecule has 0 bridgehead atoms. The van der Waals surface area contributed by atoms with Gasteiger partial charge in [-0.05, 0) is 17.7 Å². The maximum atomic E-state index is 5.90. The molecule has 1 N–H and O–H groups in total. The second-order valence-corrected chi connectivity index (χ2v) is 5.69. The van der Waals surface area contributed by atoms with Crippen molar-refractivity contribution in [3.63, 3.8) is 0 Å². The van der Waals surface area contributed by atoms with Crippen LogP contribution < -0.4 is 5.32 Å². The molecule has 2 heterocycles. The number of rotatable bonds is 3. The fourth-order valence-electron chi connectivity index (χ4n) is 2.67. The number of nitrogens with zero attached hydrogens (tertiary/aromatic N) is 2. The molecule has 98 valence electrons. The predicted octanol–water partition coefficient (Wildman–Crippen LogP) is 1.43. The van der Waals surface area contributed by atoms with Crippen LogP contribution in [-0.2, 0) is 6.54 Å². The summed E-state index contributed by atoms with van der Waals surface area (Å²) in [7, 11) is 0. The topological polar surface area (TPSA) is 18.5 Å². The van der Waals surface area contributed by atoms with Crippen LogP contribution in [0.5, 0.6) is 0 Å². The van der Waals surface area contributed by atoms with Crippen LogP contribution in [0.3, 0.4) is 0 Å². The van der Waals surface area contributed by atoms with Gasteiger partial charge in [0.1, 0.15) is 0 Å². The van der Waals surface area contributed by atoms with Gasteiger partial charge in [0.25, 0.3) is 0 Å². The number of hydrogen-bond donors (Lipinski definition) is 1. The van der Waals surface area contributed by atoms with Crippen molar-refractivity contribution in [2.75, 3.05) is 39.3 Å². The number of hydrogen-bond acceptors (Lipinski definition) is 3. The summed E-state index contributed by atoms with van der Waals surface area (Å²) in [6.45, 7) is 8.18. The molecule has 0 radical (unpaired) electrons. The van der Waals surface area contributed by atoms with Crippen molar-refractivity contribution in [1.29, 1.82) is 0 Å². The van der Waals surface area contributed by atoms with Crippen molar-refractivity contribution in [2.45, 2.75) is 12.6 Å². The molecule has 2 fully saturated rings. The van der Waals surface area contributed by atoms with E-state index in [1.54, 1.807) is 0 Å². The number of nitrogens with one attached hydrogen (secondary N) is 1. The highest BCUT2D eigenvalue weighted by Gasteiger charge is 2.27. The van der Waals surface area contributed by atoms with Gasteiger partial charge in [-0.25, -0.2) is 0 Å². The van der Waals surface area contributed by atoms with Crippen LogP contribution in [0.4, 0.5) is 0 Å². The van der Waals surface area contributed by atoms with Crippen molar-refractivity contribution in [3.8, 4) is 0 Å².